The number of hydrogen-bond donors (Lipinski definition) is 5. The average Bonchev–Trinajstić information content (AvgIpc) is 3.36. The van der Waals surface area contributed by atoms with Crippen LogP contribution in [0.15, 0.2) is 12.5 Å². The smallest absolute Gasteiger partial charge is 0.249 e. The first-order chi connectivity index (χ1) is 12.5. The number of H-pyrrole nitrogens is 1. The first-order valence-electron chi connectivity index (χ1n) is 8.68. The monoisotopic (exact) mass is 362 g/mol. The van der Waals surface area contributed by atoms with Crippen molar-refractivity contribution in [3.05, 3.63) is 18.2 Å². The Morgan fingerprint density at radius 1 is 1.23 bits per heavy atom. The molecule has 0 spiro atoms. The quantitative estimate of drug-likeness (QED) is 0.400. The van der Waals surface area contributed by atoms with Gasteiger partial charge in [-0.05, 0) is 25.8 Å². The van der Waals surface area contributed by atoms with Crippen LogP contribution in [0.4, 0.5) is 0 Å². The normalized spacial score (nSPS) is 23.3. The van der Waals surface area contributed by atoms with E-state index in [1.54, 1.807) is 6.20 Å². The second-order valence-corrected chi connectivity index (χ2v) is 6.50. The fourth-order valence-corrected chi connectivity index (χ4v) is 3.11. The number of nitrogens with zero attached hydrogens (tertiary/aromatic N) is 1. The molecule has 2 aliphatic rings. The lowest BCUT2D eigenvalue weighted by molar-refractivity contribution is -0.135. The van der Waals surface area contributed by atoms with Crippen molar-refractivity contribution in [3.8, 4) is 0 Å². The van der Waals surface area contributed by atoms with E-state index in [0.29, 0.717) is 18.5 Å². The van der Waals surface area contributed by atoms with E-state index in [4.69, 9.17) is 0 Å². The zero-order chi connectivity index (χ0) is 18.5. The maximum Gasteiger partial charge on any atom is 0.249 e. The number of hydrogen-bond acceptors (Lipinski definition) is 6. The lowest BCUT2D eigenvalue weighted by Gasteiger charge is -2.20. The van der Waals surface area contributed by atoms with E-state index in [0.717, 1.165) is 13.0 Å². The van der Waals surface area contributed by atoms with Gasteiger partial charge in [-0.2, -0.15) is 0 Å². The molecule has 0 radical (unpaired) electrons. The van der Waals surface area contributed by atoms with Crippen LogP contribution >= 0.6 is 0 Å². The van der Waals surface area contributed by atoms with Crippen LogP contribution in [-0.4, -0.2) is 58.3 Å². The molecule has 10 heteroatoms. The van der Waals surface area contributed by atoms with Crippen molar-refractivity contribution in [1.82, 2.24) is 31.2 Å². The standard InChI is InChI=1S/C16H22N6O4/c23-13-4-3-11(20-13)15(25)21-12(6-9-7-17-8-19-9)16(26)22-14(24)10-2-1-5-18-10/h7-8,10-12,18H,1-6H2,(H,17,19)(H,20,23)(H,21,25)(H,22,24,26)/t10-,11-,12-/m0/s1. The van der Waals surface area contributed by atoms with E-state index in [1.807, 2.05) is 0 Å². The Morgan fingerprint density at radius 3 is 2.69 bits per heavy atom. The third kappa shape index (κ3) is 4.45. The topological polar surface area (TPSA) is 145 Å². The van der Waals surface area contributed by atoms with Gasteiger partial charge in [-0.15, -0.1) is 0 Å². The maximum atomic E-state index is 12.6. The average molecular weight is 362 g/mol. The number of imide groups is 1. The molecule has 0 unspecified atom stereocenters. The van der Waals surface area contributed by atoms with Crippen LogP contribution in [-0.2, 0) is 25.6 Å². The molecule has 5 N–H and O–H groups in total. The van der Waals surface area contributed by atoms with Crippen LogP contribution in [0.25, 0.3) is 0 Å². The van der Waals surface area contributed by atoms with Gasteiger partial charge in [0.15, 0.2) is 0 Å². The van der Waals surface area contributed by atoms with Gasteiger partial charge in [0.1, 0.15) is 12.1 Å². The Kier molecular flexibility index (Phi) is 5.61. The zero-order valence-corrected chi connectivity index (χ0v) is 14.2. The SMILES string of the molecule is O=C1CC[C@@H](C(=O)N[C@@H](Cc2cnc[nH]2)C(=O)NC(=O)[C@@H]2CCCN2)N1. The molecule has 1 aromatic rings. The van der Waals surface area contributed by atoms with Crippen LogP contribution in [0.2, 0.25) is 0 Å². The van der Waals surface area contributed by atoms with Crippen LogP contribution in [0.5, 0.6) is 0 Å². The van der Waals surface area contributed by atoms with E-state index in [1.165, 1.54) is 6.33 Å². The van der Waals surface area contributed by atoms with Crippen molar-refractivity contribution in [3.63, 3.8) is 0 Å². The summed E-state index contributed by atoms with van der Waals surface area (Å²) in [6.45, 7) is 0.738. The first kappa shape index (κ1) is 18.1. The number of carbonyl (C=O) groups is 4. The summed E-state index contributed by atoms with van der Waals surface area (Å²) in [5, 5.41) is 10.6. The highest BCUT2D eigenvalue weighted by molar-refractivity contribution is 6.02. The second-order valence-electron chi connectivity index (χ2n) is 6.50. The Balaban J connectivity index is 1.63. The molecule has 10 nitrogen and oxygen atoms in total. The van der Waals surface area contributed by atoms with Gasteiger partial charge in [-0.25, -0.2) is 4.98 Å². The number of imidazole rings is 1. The number of nitrogens with one attached hydrogen (secondary N) is 5. The van der Waals surface area contributed by atoms with Crippen molar-refractivity contribution in [2.45, 2.75) is 50.2 Å². The van der Waals surface area contributed by atoms with Crippen LogP contribution < -0.4 is 21.3 Å². The van der Waals surface area contributed by atoms with Gasteiger partial charge in [0.25, 0.3) is 0 Å². The van der Waals surface area contributed by atoms with Crippen molar-refractivity contribution in [1.29, 1.82) is 0 Å². The minimum atomic E-state index is -0.953. The summed E-state index contributed by atoms with van der Waals surface area (Å²) >= 11 is 0. The molecule has 1 aromatic heterocycles. The van der Waals surface area contributed by atoms with Gasteiger partial charge in [-0.1, -0.05) is 0 Å². The van der Waals surface area contributed by atoms with Crippen LogP contribution in [0, 0.1) is 0 Å². The fraction of sp³-hybridized carbons (Fsp3) is 0.562. The van der Waals surface area contributed by atoms with E-state index < -0.39 is 35.8 Å². The number of aromatic amines is 1. The number of rotatable bonds is 6. The molecule has 3 atom stereocenters. The predicted molar refractivity (Wildman–Crippen MR) is 89.6 cm³/mol. The molecule has 4 amide bonds. The molecule has 0 aliphatic carbocycles. The summed E-state index contributed by atoms with van der Waals surface area (Å²) in [6, 6.07) is -2.01. The highest BCUT2D eigenvalue weighted by atomic mass is 16.2. The predicted octanol–water partition coefficient (Wildman–Crippen LogP) is -1.89. The summed E-state index contributed by atoms with van der Waals surface area (Å²) in [5.74, 6) is -1.62. The molecule has 3 rings (SSSR count). The number of carbonyl (C=O) groups excluding carboxylic acids is 4. The molecule has 0 bridgehead atoms. The largest absolute Gasteiger partial charge is 0.348 e. The van der Waals surface area contributed by atoms with Crippen LogP contribution in [0.3, 0.4) is 0 Å². The molecular weight excluding hydrogens is 340 g/mol. The highest BCUT2D eigenvalue weighted by Gasteiger charge is 2.32. The molecule has 3 heterocycles. The summed E-state index contributed by atoms with van der Waals surface area (Å²) in [4.78, 5) is 55.1. The van der Waals surface area contributed by atoms with Crippen LogP contribution in [0.1, 0.15) is 31.4 Å². The molecule has 26 heavy (non-hydrogen) atoms. The summed E-state index contributed by atoms with van der Waals surface area (Å²) in [5.41, 5.74) is 0.646. The van der Waals surface area contributed by atoms with Crippen molar-refractivity contribution < 1.29 is 19.2 Å². The van der Waals surface area contributed by atoms with E-state index in [2.05, 4.69) is 31.2 Å². The van der Waals surface area contributed by atoms with Gasteiger partial charge < -0.3 is 20.9 Å². The molecular formula is C16H22N6O4. The molecule has 2 fully saturated rings. The Morgan fingerprint density at radius 2 is 2.08 bits per heavy atom. The highest BCUT2D eigenvalue weighted by Crippen LogP contribution is 2.08. The van der Waals surface area contributed by atoms with Gasteiger partial charge in [-0.3, -0.25) is 24.5 Å². The van der Waals surface area contributed by atoms with Gasteiger partial charge >= 0.3 is 0 Å². The molecule has 2 aliphatic heterocycles. The fourth-order valence-electron chi connectivity index (χ4n) is 3.11. The molecule has 0 aromatic carbocycles. The Hall–Kier alpha value is -2.75. The minimum absolute atomic E-state index is 0.156. The lowest BCUT2D eigenvalue weighted by atomic mass is 10.1. The summed E-state index contributed by atoms with van der Waals surface area (Å²) in [6.07, 6.45) is 5.38. The minimum Gasteiger partial charge on any atom is -0.348 e. The molecule has 0 saturated carbocycles. The second kappa shape index (κ2) is 8.09. The van der Waals surface area contributed by atoms with E-state index in [9.17, 15) is 19.2 Å². The number of amides is 4. The van der Waals surface area contributed by atoms with E-state index >= 15 is 0 Å². The first-order valence-corrected chi connectivity index (χ1v) is 8.68. The third-order valence-corrected chi connectivity index (χ3v) is 4.55. The molecule has 2 saturated heterocycles. The Bertz CT molecular complexity index is 683. The lowest BCUT2D eigenvalue weighted by Crippen LogP contribution is -2.55. The maximum absolute atomic E-state index is 12.6. The van der Waals surface area contributed by atoms with Crippen molar-refractivity contribution in [2.24, 2.45) is 0 Å². The zero-order valence-electron chi connectivity index (χ0n) is 14.2. The summed E-state index contributed by atoms with van der Waals surface area (Å²) < 4.78 is 0. The third-order valence-electron chi connectivity index (χ3n) is 4.55. The van der Waals surface area contributed by atoms with Gasteiger partial charge in [0.2, 0.25) is 23.6 Å². The van der Waals surface area contributed by atoms with Gasteiger partial charge in [0.05, 0.1) is 12.4 Å². The summed E-state index contributed by atoms with van der Waals surface area (Å²) in [7, 11) is 0. The van der Waals surface area contributed by atoms with E-state index in [-0.39, 0.29) is 18.7 Å². The van der Waals surface area contributed by atoms with Crippen molar-refractivity contribution >= 4 is 23.6 Å². The molecule has 140 valence electrons. The van der Waals surface area contributed by atoms with Crippen molar-refractivity contribution in [2.75, 3.05) is 6.54 Å². The number of aromatic nitrogens is 2. The Labute approximate surface area is 149 Å². The van der Waals surface area contributed by atoms with Gasteiger partial charge in [0, 0.05) is 24.7 Å².